The summed E-state index contributed by atoms with van der Waals surface area (Å²) >= 11 is 3.48. The van der Waals surface area contributed by atoms with Crippen molar-refractivity contribution in [3.05, 3.63) is 34.6 Å². The maximum absolute atomic E-state index is 5.81. The molecule has 0 radical (unpaired) electrons. The van der Waals surface area contributed by atoms with Crippen molar-refractivity contribution in [3.63, 3.8) is 0 Å². The zero-order valence-electron chi connectivity index (χ0n) is 11.6. The zero-order chi connectivity index (χ0) is 14.5. The summed E-state index contributed by atoms with van der Waals surface area (Å²) in [6.45, 7) is 4.74. The van der Waals surface area contributed by atoms with E-state index in [-0.39, 0.29) is 0 Å². The van der Waals surface area contributed by atoms with Gasteiger partial charge in [0.1, 0.15) is 12.1 Å². The molecular formula is C14H16BrN3O2. The number of hydrogen-bond acceptors (Lipinski definition) is 5. The first-order valence-corrected chi connectivity index (χ1v) is 7.01. The molecule has 20 heavy (non-hydrogen) atoms. The molecule has 0 saturated heterocycles. The van der Waals surface area contributed by atoms with Gasteiger partial charge in [0.25, 0.3) is 5.88 Å². The molecular weight excluding hydrogens is 322 g/mol. The minimum Gasteiger partial charge on any atom is -0.489 e. The van der Waals surface area contributed by atoms with Crippen molar-refractivity contribution in [1.29, 1.82) is 0 Å². The Kier molecular flexibility index (Phi) is 4.79. The van der Waals surface area contributed by atoms with E-state index in [0.717, 1.165) is 16.6 Å². The number of hydrogen-bond donors (Lipinski definition) is 1. The molecule has 0 fully saturated rings. The lowest BCUT2D eigenvalue weighted by atomic mass is 10.2. The van der Waals surface area contributed by atoms with Gasteiger partial charge in [0.15, 0.2) is 5.82 Å². The largest absolute Gasteiger partial charge is 0.489 e. The van der Waals surface area contributed by atoms with E-state index in [0.29, 0.717) is 23.2 Å². The van der Waals surface area contributed by atoms with Gasteiger partial charge in [-0.05, 0) is 47.5 Å². The molecule has 6 heteroatoms. The number of nitrogens with zero attached hydrogens (tertiary/aromatic N) is 2. The molecule has 1 N–H and O–H groups in total. The van der Waals surface area contributed by atoms with Gasteiger partial charge in [0.2, 0.25) is 5.75 Å². The molecule has 1 aromatic heterocycles. The lowest BCUT2D eigenvalue weighted by Crippen LogP contribution is -2.04. The monoisotopic (exact) mass is 337 g/mol. The van der Waals surface area contributed by atoms with Crippen molar-refractivity contribution < 1.29 is 9.47 Å². The highest BCUT2D eigenvalue weighted by Gasteiger charge is 2.14. The summed E-state index contributed by atoms with van der Waals surface area (Å²) in [7, 11) is 1.57. The van der Waals surface area contributed by atoms with Crippen molar-refractivity contribution >= 4 is 21.7 Å². The Bertz CT molecular complexity index is 605. The average Bonchev–Trinajstić information content (AvgIpc) is 2.42. The molecule has 1 aromatic carbocycles. The third kappa shape index (κ3) is 3.19. The minimum absolute atomic E-state index is 0.378. The van der Waals surface area contributed by atoms with Gasteiger partial charge < -0.3 is 14.8 Å². The molecule has 0 bridgehead atoms. The average molecular weight is 338 g/mol. The SMILES string of the molecule is CCNc1ncnc(Oc2ccc(C)cc2Br)c1OC. The summed E-state index contributed by atoms with van der Waals surface area (Å²) in [6, 6.07) is 5.83. The number of rotatable bonds is 5. The Morgan fingerprint density at radius 3 is 2.75 bits per heavy atom. The number of anilines is 1. The van der Waals surface area contributed by atoms with Gasteiger partial charge in [-0.2, -0.15) is 4.98 Å². The van der Waals surface area contributed by atoms with Crippen LogP contribution in [-0.4, -0.2) is 23.6 Å². The minimum atomic E-state index is 0.378. The van der Waals surface area contributed by atoms with Crippen molar-refractivity contribution in [3.8, 4) is 17.4 Å². The molecule has 0 spiro atoms. The molecule has 1 heterocycles. The number of nitrogens with one attached hydrogen (secondary N) is 1. The fourth-order valence-electron chi connectivity index (χ4n) is 1.70. The maximum Gasteiger partial charge on any atom is 0.268 e. The molecule has 2 aromatic rings. The fourth-order valence-corrected chi connectivity index (χ4v) is 2.27. The normalized spacial score (nSPS) is 10.2. The third-order valence-corrected chi connectivity index (χ3v) is 3.23. The summed E-state index contributed by atoms with van der Waals surface area (Å²) in [5, 5.41) is 3.11. The van der Waals surface area contributed by atoms with Crippen LogP contribution in [0.4, 0.5) is 5.82 Å². The summed E-state index contributed by atoms with van der Waals surface area (Å²) in [5.41, 5.74) is 1.15. The van der Waals surface area contributed by atoms with Crippen LogP contribution in [0.3, 0.4) is 0 Å². The number of benzene rings is 1. The Labute approximate surface area is 126 Å². The van der Waals surface area contributed by atoms with Crippen LogP contribution in [0.2, 0.25) is 0 Å². The lowest BCUT2D eigenvalue weighted by Gasteiger charge is -2.13. The first-order valence-electron chi connectivity index (χ1n) is 6.22. The van der Waals surface area contributed by atoms with Crippen LogP contribution >= 0.6 is 15.9 Å². The highest BCUT2D eigenvalue weighted by atomic mass is 79.9. The summed E-state index contributed by atoms with van der Waals surface area (Å²) in [4.78, 5) is 8.27. The highest BCUT2D eigenvalue weighted by Crippen LogP contribution is 2.36. The first-order chi connectivity index (χ1) is 9.65. The second kappa shape index (κ2) is 6.56. The standard InChI is InChI=1S/C14H16BrN3O2/c1-4-16-13-12(19-3)14(18-8-17-13)20-11-6-5-9(2)7-10(11)15/h5-8H,4H2,1-3H3,(H,16,17,18). The molecule has 0 aliphatic carbocycles. The Morgan fingerprint density at radius 2 is 2.10 bits per heavy atom. The van der Waals surface area contributed by atoms with Crippen molar-refractivity contribution in [1.82, 2.24) is 9.97 Å². The van der Waals surface area contributed by atoms with E-state index in [1.54, 1.807) is 7.11 Å². The Hall–Kier alpha value is -1.82. The predicted octanol–water partition coefficient (Wildman–Crippen LogP) is 3.78. The van der Waals surface area contributed by atoms with Gasteiger partial charge in [-0.25, -0.2) is 4.98 Å². The highest BCUT2D eigenvalue weighted by molar-refractivity contribution is 9.10. The quantitative estimate of drug-likeness (QED) is 0.899. The summed E-state index contributed by atoms with van der Waals surface area (Å²) < 4.78 is 12.0. The van der Waals surface area contributed by atoms with Gasteiger partial charge in [-0.3, -0.25) is 0 Å². The van der Waals surface area contributed by atoms with Gasteiger partial charge in [-0.15, -0.1) is 0 Å². The van der Waals surface area contributed by atoms with E-state index in [1.165, 1.54) is 6.33 Å². The second-order valence-corrected chi connectivity index (χ2v) is 4.98. The zero-order valence-corrected chi connectivity index (χ0v) is 13.2. The summed E-state index contributed by atoms with van der Waals surface area (Å²) in [6.07, 6.45) is 1.44. The first kappa shape index (κ1) is 14.6. The number of halogens is 1. The van der Waals surface area contributed by atoms with E-state index in [9.17, 15) is 0 Å². The maximum atomic E-state index is 5.81. The fraction of sp³-hybridized carbons (Fsp3) is 0.286. The van der Waals surface area contributed by atoms with Gasteiger partial charge in [0.05, 0.1) is 11.6 Å². The second-order valence-electron chi connectivity index (χ2n) is 4.13. The van der Waals surface area contributed by atoms with E-state index >= 15 is 0 Å². The number of aromatic nitrogens is 2. The van der Waals surface area contributed by atoms with Crippen LogP contribution in [0.5, 0.6) is 17.4 Å². The van der Waals surface area contributed by atoms with Crippen LogP contribution in [-0.2, 0) is 0 Å². The lowest BCUT2D eigenvalue weighted by molar-refractivity contribution is 0.368. The molecule has 0 amide bonds. The van der Waals surface area contributed by atoms with E-state index in [4.69, 9.17) is 9.47 Å². The Morgan fingerprint density at radius 1 is 1.30 bits per heavy atom. The summed E-state index contributed by atoms with van der Waals surface area (Å²) in [5.74, 6) is 2.16. The van der Waals surface area contributed by atoms with Crippen molar-refractivity contribution in [2.75, 3.05) is 19.0 Å². The molecule has 0 unspecified atom stereocenters. The number of ether oxygens (including phenoxy) is 2. The molecule has 2 rings (SSSR count). The van der Waals surface area contributed by atoms with Crippen LogP contribution < -0.4 is 14.8 Å². The topological polar surface area (TPSA) is 56.3 Å². The van der Waals surface area contributed by atoms with E-state index < -0.39 is 0 Å². The smallest absolute Gasteiger partial charge is 0.268 e. The van der Waals surface area contributed by atoms with Crippen molar-refractivity contribution in [2.45, 2.75) is 13.8 Å². The number of methoxy groups -OCH3 is 1. The van der Waals surface area contributed by atoms with Gasteiger partial charge in [-0.1, -0.05) is 6.07 Å². The van der Waals surface area contributed by atoms with E-state index in [1.807, 2.05) is 32.0 Å². The van der Waals surface area contributed by atoms with Crippen LogP contribution in [0.15, 0.2) is 29.0 Å². The predicted molar refractivity (Wildman–Crippen MR) is 81.7 cm³/mol. The molecule has 0 atom stereocenters. The van der Waals surface area contributed by atoms with Crippen molar-refractivity contribution in [2.24, 2.45) is 0 Å². The number of aryl methyl sites for hydroxylation is 1. The third-order valence-electron chi connectivity index (χ3n) is 2.61. The van der Waals surface area contributed by atoms with Crippen LogP contribution in [0.1, 0.15) is 12.5 Å². The van der Waals surface area contributed by atoms with Crippen LogP contribution in [0, 0.1) is 6.92 Å². The van der Waals surface area contributed by atoms with Gasteiger partial charge in [0, 0.05) is 6.54 Å². The molecule has 5 nitrogen and oxygen atoms in total. The van der Waals surface area contributed by atoms with E-state index in [2.05, 4.69) is 31.2 Å². The Balaban J connectivity index is 2.35. The van der Waals surface area contributed by atoms with Gasteiger partial charge >= 0.3 is 0 Å². The molecule has 0 saturated carbocycles. The molecule has 0 aliphatic heterocycles. The van der Waals surface area contributed by atoms with Crippen LogP contribution in [0.25, 0.3) is 0 Å². The molecule has 106 valence electrons. The molecule has 0 aliphatic rings.